The Labute approximate surface area is 173 Å². The molecule has 10 nitrogen and oxygen atoms in total. The van der Waals surface area contributed by atoms with Gasteiger partial charge in [-0.3, -0.25) is 14.8 Å². The zero-order valence-corrected chi connectivity index (χ0v) is 16.5. The lowest BCUT2D eigenvalue weighted by Crippen LogP contribution is -2.49. The van der Waals surface area contributed by atoms with E-state index in [1.165, 1.54) is 18.3 Å². The van der Waals surface area contributed by atoms with Crippen molar-refractivity contribution in [3.8, 4) is 0 Å². The number of aromatic nitrogens is 2. The molecular weight excluding hydrogens is 397 g/mol. The van der Waals surface area contributed by atoms with Crippen LogP contribution in [0.25, 0.3) is 0 Å². The lowest BCUT2D eigenvalue weighted by atomic mass is 9.91. The molecule has 3 unspecified atom stereocenters. The van der Waals surface area contributed by atoms with E-state index >= 15 is 0 Å². The second-order valence-electron chi connectivity index (χ2n) is 7.92. The number of likely N-dealkylation sites (tertiary alicyclic amines) is 1. The zero-order valence-electron chi connectivity index (χ0n) is 16.5. The topological polar surface area (TPSA) is 130 Å². The lowest BCUT2D eigenvalue weighted by Gasteiger charge is -2.29. The Morgan fingerprint density at radius 1 is 1.47 bits per heavy atom. The van der Waals surface area contributed by atoms with E-state index in [1.54, 1.807) is 0 Å². The fourth-order valence-electron chi connectivity index (χ4n) is 4.34. The Hall–Kier alpha value is -2.82. The molecule has 2 aliphatic rings. The highest BCUT2D eigenvalue weighted by Crippen LogP contribution is 2.32. The fraction of sp³-hybridized carbons (Fsp3) is 0.632. The number of halogens is 1. The zero-order chi connectivity index (χ0) is 21.7. The van der Waals surface area contributed by atoms with Crippen LogP contribution in [0.15, 0.2) is 18.3 Å². The quantitative estimate of drug-likeness (QED) is 0.207. The van der Waals surface area contributed by atoms with Crippen LogP contribution < -0.4 is 10.2 Å². The van der Waals surface area contributed by atoms with E-state index in [9.17, 15) is 29.2 Å². The summed E-state index contributed by atoms with van der Waals surface area (Å²) in [6, 6.07) is 1.72. The molecule has 3 atom stereocenters. The first-order valence-electron chi connectivity index (χ1n) is 10.1. The van der Waals surface area contributed by atoms with Gasteiger partial charge >= 0.3 is 11.7 Å². The number of rotatable bonds is 8. The molecule has 3 rings (SSSR count). The van der Waals surface area contributed by atoms with Gasteiger partial charge in [0.1, 0.15) is 12.2 Å². The van der Waals surface area contributed by atoms with Crippen molar-refractivity contribution in [2.24, 2.45) is 11.8 Å². The predicted octanol–water partition coefficient (Wildman–Crippen LogP) is 0.637. The van der Waals surface area contributed by atoms with Crippen LogP contribution in [0.2, 0.25) is 0 Å². The Morgan fingerprint density at radius 2 is 2.20 bits per heavy atom. The highest BCUT2D eigenvalue weighted by molar-refractivity contribution is 5.97. The third-order valence-corrected chi connectivity index (χ3v) is 5.78. The van der Waals surface area contributed by atoms with E-state index in [1.807, 2.05) is 0 Å². The predicted molar refractivity (Wildman–Crippen MR) is 101 cm³/mol. The van der Waals surface area contributed by atoms with E-state index in [-0.39, 0.29) is 42.5 Å². The molecule has 1 aromatic rings. The van der Waals surface area contributed by atoms with E-state index in [0.717, 1.165) is 30.6 Å². The summed E-state index contributed by atoms with van der Waals surface area (Å²) in [4.78, 5) is 38.2. The summed E-state index contributed by atoms with van der Waals surface area (Å²) in [5, 5.41) is 27.6. The van der Waals surface area contributed by atoms with Gasteiger partial charge in [0, 0.05) is 12.5 Å². The van der Waals surface area contributed by atoms with Crippen LogP contribution in [0.4, 0.5) is 10.2 Å². The van der Waals surface area contributed by atoms with Crippen LogP contribution in [0, 0.1) is 17.0 Å². The molecule has 0 bridgehead atoms. The molecule has 164 valence electrons. The number of anilines is 1. The third-order valence-electron chi connectivity index (χ3n) is 5.78. The highest BCUT2D eigenvalue weighted by Gasteiger charge is 2.44. The van der Waals surface area contributed by atoms with E-state index in [2.05, 4.69) is 10.4 Å². The number of nitrogens with one attached hydrogen (secondary N) is 1. The minimum absolute atomic E-state index is 0.123. The molecule has 1 aromatic heterocycles. The minimum atomic E-state index is -1.39. The van der Waals surface area contributed by atoms with Gasteiger partial charge in [0.2, 0.25) is 12.3 Å². The van der Waals surface area contributed by atoms with Crippen molar-refractivity contribution in [2.45, 2.75) is 50.7 Å². The number of alkyl halides is 1. The van der Waals surface area contributed by atoms with Crippen LogP contribution in [0.5, 0.6) is 0 Å². The van der Waals surface area contributed by atoms with Gasteiger partial charge in [0.15, 0.2) is 0 Å². The Balaban J connectivity index is 1.74. The third kappa shape index (κ3) is 5.21. The average Bonchev–Trinajstić information content (AvgIpc) is 3.38. The summed E-state index contributed by atoms with van der Waals surface area (Å²) in [6.07, 6.45) is 4.38. The Kier molecular flexibility index (Phi) is 7.14. The number of carbonyl (C=O) groups excluding carboxylic acids is 3. The maximum Gasteiger partial charge on any atom is 0.330 e. The van der Waals surface area contributed by atoms with Gasteiger partial charge in [-0.25, -0.2) is 19.6 Å². The molecule has 11 heteroatoms. The SMILES string of the molecule is O=CN(O)CC(CC1CCCC1)C(=O)N1CC(F)CC1C(=O)Nc1cccn[n+]1[O-]. The number of hydrogen-bond donors (Lipinski definition) is 2. The standard InChI is InChI=1S/C19H26FN5O5/c20-15-9-16(18(27)22-17-6-3-7-21-25(17)30)24(11-15)19(28)14(10-23(29)12-26)8-13-4-1-2-5-13/h3,6-7,12-16,29H,1-2,4-5,8-11H2,(H,22,27). The minimum Gasteiger partial charge on any atom is -0.691 e. The fourth-order valence-corrected chi connectivity index (χ4v) is 4.34. The molecule has 3 amide bonds. The molecule has 2 fully saturated rings. The van der Waals surface area contributed by atoms with Crippen molar-refractivity contribution in [3.05, 3.63) is 23.5 Å². The Morgan fingerprint density at radius 3 is 2.87 bits per heavy atom. The van der Waals surface area contributed by atoms with Gasteiger partial charge in [0.05, 0.1) is 25.2 Å². The molecule has 2 heterocycles. The number of hydroxylamine groups is 2. The van der Waals surface area contributed by atoms with Gasteiger partial charge in [-0.15, -0.1) is 4.85 Å². The Bertz CT molecular complexity index is 775. The summed E-state index contributed by atoms with van der Waals surface area (Å²) in [5.41, 5.74) is 0. The van der Waals surface area contributed by atoms with Crippen LogP contribution in [-0.4, -0.2) is 63.8 Å². The summed E-state index contributed by atoms with van der Waals surface area (Å²) in [5.74, 6) is -1.75. The summed E-state index contributed by atoms with van der Waals surface area (Å²) >= 11 is 0. The second kappa shape index (κ2) is 9.79. The number of hydrogen-bond acceptors (Lipinski definition) is 6. The maximum absolute atomic E-state index is 14.2. The molecule has 0 aromatic carbocycles. The van der Waals surface area contributed by atoms with Crippen LogP contribution in [-0.2, 0) is 14.4 Å². The molecule has 1 aliphatic carbocycles. The average molecular weight is 423 g/mol. The van der Waals surface area contributed by atoms with Crippen LogP contribution in [0.3, 0.4) is 0 Å². The summed E-state index contributed by atoms with van der Waals surface area (Å²) < 4.78 is 14.2. The summed E-state index contributed by atoms with van der Waals surface area (Å²) in [7, 11) is 0. The van der Waals surface area contributed by atoms with Gasteiger partial charge in [-0.2, -0.15) is 0 Å². The van der Waals surface area contributed by atoms with E-state index in [4.69, 9.17) is 0 Å². The molecule has 2 N–H and O–H groups in total. The highest BCUT2D eigenvalue weighted by atomic mass is 19.1. The van der Waals surface area contributed by atoms with Gasteiger partial charge in [0.25, 0.3) is 0 Å². The number of nitrogens with zero attached hydrogens (tertiary/aromatic N) is 4. The first-order valence-corrected chi connectivity index (χ1v) is 10.1. The normalized spacial score (nSPS) is 22.7. The molecule has 1 saturated carbocycles. The molecule has 0 radical (unpaired) electrons. The molecule has 1 aliphatic heterocycles. The second-order valence-corrected chi connectivity index (χ2v) is 7.92. The van der Waals surface area contributed by atoms with E-state index in [0.29, 0.717) is 11.5 Å². The lowest BCUT2D eigenvalue weighted by molar-refractivity contribution is -0.654. The van der Waals surface area contributed by atoms with Crippen molar-refractivity contribution in [1.82, 2.24) is 15.1 Å². The molecule has 1 saturated heterocycles. The van der Waals surface area contributed by atoms with Crippen molar-refractivity contribution < 1.29 is 28.8 Å². The van der Waals surface area contributed by atoms with Gasteiger partial charge in [-0.1, -0.05) is 30.8 Å². The maximum atomic E-state index is 14.2. The van der Waals surface area contributed by atoms with E-state index < -0.39 is 29.9 Å². The first kappa shape index (κ1) is 21.9. The van der Waals surface area contributed by atoms with Crippen LogP contribution in [0.1, 0.15) is 38.5 Å². The van der Waals surface area contributed by atoms with Crippen LogP contribution >= 0.6 is 0 Å². The molecular formula is C19H26FN5O5. The van der Waals surface area contributed by atoms with Crippen molar-refractivity contribution >= 4 is 24.0 Å². The molecule has 0 spiro atoms. The van der Waals surface area contributed by atoms with Gasteiger partial charge in [-0.05, 0) is 18.4 Å². The number of carbonyl (C=O) groups is 3. The van der Waals surface area contributed by atoms with Crippen molar-refractivity contribution in [1.29, 1.82) is 0 Å². The van der Waals surface area contributed by atoms with Gasteiger partial charge < -0.3 is 10.1 Å². The van der Waals surface area contributed by atoms with Crippen molar-refractivity contribution in [2.75, 3.05) is 18.4 Å². The van der Waals surface area contributed by atoms with Crippen molar-refractivity contribution in [3.63, 3.8) is 0 Å². The monoisotopic (exact) mass is 423 g/mol. The molecule has 30 heavy (non-hydrogen) atoms. The smallest absolute Gasteiger partial charge is 0.330 e. The summed E-state index contributed by atoms with van der Waals surface area (Å²) in [6.45, 7) is -0.473. The largest absolute Gasteiger partial charge is 0.691 e. The first-order chi connectivity index (χ1) is 14.4. The number of amides is 3.